The van der Waals surface area contributed by atoms with Crippen LogP contribution in [0.1, 0.15) is 12.5 Å². The normalized spacial score (nSPS) is 25.8. The van der Waals surface area contributed by atoms with Gasteiger partial charge < -0.3 is 9.47 Å². The van der Waals surface area contributed by atoms with Gasteiger partial charge in [-0.15, -0.1) is 0 Å². The summed E-state index contributed by atoms with van der Waals surface area (Å²) in [5.41, 5.74) is 0.985. The smallest absolute Gasteiger partial charge is 0.125 e. The van der Waals surface area contributed by atoms with Crippen molar-refractivity contribution in [2.24, 2.45) is 0 Å². The van der Waals surface area contributed by atoms with Gasteiger partial charge in [0.1, 0.15) is 11.4 Å². The third-order valence-electron chi connectivity index (χ3n) is 2.31. The predicted octanol–water partition coefficient (Wildman–Crippen LogP) is 2.70. The highest BCUT2D eigenvalue weighted by molar-refractivity contribution is 9.10. The van der Waals surface area contributed by atoms with Crippen molar-refractivity contribution in [3.05, 3.63) is 28.2 Å². The molecular formula is C10H11BrO2. The van der Waals surface area contributed by atoms with Crippen LogP contribution in [0.15, 0.2) is 22.7 Å². The van der Waals surface area contributed by atoms with Gasteiger partial charge >= 0.3 is 0 Å². The number of halogens is 1. The Morgan fingerprint density at radius 1 is 1.54 bits per heavy atom. The minimum absolute atomic E-state index is 0.130. The molecule has 1 unspecified atom stereocenters. The molecule has 1 aliphatic rings. The first-order chi connectivity index (χ1) is 6.15. The molecule has 0 spiro atoms. The topological polar surface area (TPSA) is 21.8 Å². The number of ether oxygens (including phenoxy) is 2. The predicted molar refractivity (Wildman–Crippen MR) is 54.0 cm³/mol. The zero-order valence-electron chi connectivity index (χ0n) is 7.63. The molecule has 0 saturated carbocycles. The maximum Gasteiger partial charge on any atom is 0.125 e. The Morgan fingerprint density at radius 3 is 2.77 bits per heavy atom. The van der Waals surface area contributed by atoms with Gasteiger partial charge in [-0.3, -0.25) is 0 Å². The van der Waals surface area contributed by atoms with Crippen molar-refractivity contribution in [3.8, 4) is 5.75 Å². The fourth-order valence-corrected chi connectivity index (χ4v) is 1.72. The molecule has 1 aromatic carbocycles. The fraction of sp³-hybridized carbons (Fsp3) is 0.400. The van der Waals surface area contributed by atoms with E-state index in [0.29, 0.717) is 0 Å². The average Bonchev–Trinajstić information content (AvgIpc) is 2.85. The largest absolute Gasteiger partial charge is 0.496 e. The summed E-state index contributed by atoms with van der Waals surface area (Å²) in [5, 5.41) is 0. The van der Waals surface area contributed by atoms with Crippen LogP contribution in [-0.2, 0) is 10.3 Å². The van der Waals surface area contributed by atoms with Crippen molar-refractivity contribution >= 4 is 15.9 Å². The van der Waals surface area contributed by atoms with E-state index in [2.05, 4.69) is 22.9 Å². The molecular weight excluding hydrogens is 232 g/mol. The van der Waals surface area contributed by atoms with Crippen LogP contribution in [0.25, 0.3) is 0 Å². The molecule has 0 aromatic heterocycles. The minimum Gasteiger partial charge on any atom is -0.496 e. The van der Waals surface area contributed by atoms with Crippen molar-refractivity contribution in [2.45, 2.75) is 12.5 Å². The van der Waals surface area contributed by atoms with Crippen LogP contribution in [0.2, 0.25) is 0 Å². The van der Waals surface area contributed by atoms with Crippen LogP contribution in [0.5, 0.6) is 5.75 Å². The number of rotatable bonds is 2. The summed E-state index contributed by atoms with van der Waals surface area (Å²) in [7, 11) is 1.68. The summed E-state index contributed by atoms with van der Waals surface area (Å²) in [6, 6.07) is 5.96. The van der Waals surface area contributed by atoms with Gasteiger partial charge in [-0.05, 0) is 25.1 Å². The summed E-state index contributed by atoms with van der Waals surface area (Å²) in [5.74, 6) is 0.892. The van der Waals surface area contributed by atoms with E-state index in [1.165, 1.54) is 0 Å². The average molecular weight is 243 g/mol. The van der Waals surface area contributed by atoms with Gasteiger partial charge in [-0.2, -0.15) is 0 Å². The quantitative estimate of drug-likeness (QED) is 0.745. The molecule has 0 aliphatic carbocycles. The summed E-state index contributed by atoms with van der Waals surface area (Å²) in [6.45, 7) is 2.84. The second-order valence-electron chi connectivity index (χ2n) is 3.36. The van der Waals surface area contributed by atoms with Crippen LogP contribution in [0.4, 0.5) is 0 Å². The Labute approximate surface area is 86.0 Å². The zero-order valence-corrected chi connectivity index (χ0v) is 9.22. The lowest BCUT2D eigenvalue weighted by molar-refractivity contribution is 0.316. The molecule has 0 bridgehead atoms. The van der Waals surface area contributed by atoms with Gasteiger partial charge in [0.2, 0.25) is 0 Å². The molecule has 13 heavy (non-hydrogen) atoms. The van der Waals surface area contributed by atoms with Crippen LogP contribution in [-0.4, -0.2) is 13.7 Å². The Kier molecular flexibility index (Phi) is 2.08. The van der Waals surface area contributed by atoms with Crippen molar-refractivity contribution in [1.29, 1.82) is 0 Å². The molecule has 1 saturated heterocycles. The number of benzene rings is 1. The van der Waals surface area contributed by atoms with Gasteiger partial charge in [-0.25, -0.2) is 0 Å². The van der Waals surface area contributed by atoms with E-state index in [-0.39, 0.29) is 5.60 Å². The Hall–Kier alpha value is -0.540. The van der Waals surface area contributed by atoms with E-state index in [0.717, 1.165) is 22.4 Å². The maximum atomic E-state index is 5.38. The lowest BCUT2D eigenvalue weighted by atomic mass is 10.0. The van der Waals surface area contributed by atoms with Gasteiger partial charge in [0.15, 0.2) is 0 Å². The molecule has 70 valence electrons. The molecule has 1 aromatic rings. The second-order valence-corrected chi connectivity index (χ2v) is 4.28. The first kappa shape index (κ1) is 9.03. The third kappa shape index (κ3) is 1.58. The summed E-state index contributed by atoms with van der Waals surface area (Å²) >= 11 is 3.43. The summed E-state index contributed by atoms with van der Waals surface area (Å²) in [4.78, 5) is 0. The van der Waals surface area contributed by atoms with E-state index in [9.17, 15) is 0 Å². The molecule has 0 radical (unpaired) electrons. The Bertz CT molecular complexity index is 332. The van der Waals surface area contributed by atoms with Crippen molar-refractivity contribution in [1.82, 2.24) is 0 Å². The minimum atomic E-state index is -0.130. The molecule has 1 heterocycles. The van der Waals surface area contributed by atoms with Crippen LogP contribution in [0, 0.1) is 0 Å². The van der Waals surface area contributed by atoms with E-state index >= 15 is 0 Å². The summed E-state index contributed by atoms with van der Waals surface area (Å²) < 4.78 is 11.7. The molecule has 1 atom stereocenters. The highest BCUT2D eigenvalue weighted by Gasteiger charge is 2.43. The summed E-state index contributed by atoms with van der Waals surface area (Å²) in [6.07, 6.45) is 0. The number of hydrogen-bond acceptors (Lipinski definition) is 2. The molecule has 2 rings (SSSR count). The lowest BCUT2D eigenvalue weighted by Gasteiger charge is -2.11. The Balaban J connectivity index is 2.47. The second kappa shape index (κ2) is 3.00. The van der Waals surface area contributed by atoms with Crippen molar-refractivity contribution in [3.63, 3.8) is 0 Å². The Morgan fingerprint density at radius 2 is 2.23 bits per heavy atom. The van der Waals surface area contributed by atoms with Gasteiger partial charge in [0, 0.05) is 10.0 Å². The van der Waals surface area contributed by atoms with E-state index in [1.807, 2.05) is 18.2 Å². The molecule has 2 nitrogen and oxygen atoms in total. The maximum absolute atomic E-state index is 5.38. The molecule has 0 N–H and O–H groups in total. The zero-order chi connectivity index (χ0) is 9.47. The molecule has 1 aliphatic heterocycles. The highest BCUT2D eigenvalue weighted by atomic mass is 79.9. The number of epoxide rings is 1. The molecule has 0 amide bonds. The first-order valence-corrected chi connectivity index (χ1v) is 4.93. The van der Waals surface area contributed by atoms with Gasteiger partial charge in [0.05, 0.1) is 13.7 Å². The standard InChI is InChI=1S/C10H11BrO2/c1-10(6-13-10)8-5-7(11)3-4-9(8)12-2/h3-5H,6H2,1-2H3. The third-order valence-corrected chi connectivity index (χ3v) is 2.80. The van der Waals surface area contributed by atoms with Crippen LogP contribution < -0.4 is 4.74 Å². The van der Waals surface area contributed by atoms with Crippen molar-refractivity contribution in [2.75, 3.05) is 13.7 Å². The monoisotopic (exact) mass is 242 g/mol. The van der Waals surface area contributed by atoms with E-state index < -0.39 is 0 Å². The first-order valence-electron chi connectivity index (χ1n) is 4.14. The molecule has 1 fully saturated rings. The van der Waals surface area contributed by atoms with E-state index in [1.54, 1.807) is 7.11 Å². The fourth-order valence-electron chi connectivity index (χ4n) is 1.36. The van der Waals surface area contributed by atoms with Gasteiger partial charge in [0.25, 0.3) is 0 Å². The molecule has 3 heteroatoms. The lowest BCUT2D eigenvalue weighted by Crippen LogP contribution is -2.04. The number of methoxy groups -OCH3 is 1. The van der Waals surface area contributed by atoms with E-state index in [4.69, 9.17) is 9.47 Å². The SMILES string of the molecule is COc1ccc(Br)cc1C1(C)CO1. The number of hydrogen-bond donors (Lipinski definition) is 0. The van der Waals surface area contributed by atoms with Crippen LogP contribution in [0.3, 0.4) is 0 Å². The highest BCUT2D eigenvalue weighted by Crippen LogP contribution is 2.43. The van der Waals surface area contributed by atoms with Crippen molar-refractivity contribution < 1.29 is 9.47 Å². The van der Waals surface area contributed by atoms with Gasteiger partial charge in [-0.1, -0.05) is 15.9 Å². The van der Waals surface area contributed by atoms with Crippen LogP contribution >= 0.6 is 15.9 Å².